The Morgan fingerprint density at radius 2 is 1.72 bits per heavy atom. The Kier molecular flexibility index (Phi) is 6.77. The van der Waals surface area contributed by atoms with E-state index in [0.717, 1.165) is 4.90 Å². The van der Waals surface area contributed by atoms with Gasteiger partial charge >= 0.3 is 0 Å². The van der Waals surface area contributed by atoms with E-state index in [1.807, 2.05) is 6.26 Å². The average Bonchev–Trinajstić information content (AvgIpc) is 2.74. The van der Waals surface area contributed by atoms with Crippen LogP contribution in [0.15, 0.2) is 58.3 Å². The second-order valence-corrected chi connectivity index (χ2v) is 9.80. The average molecular weight is 433 g/mol. The van der Waals surface area contributed by atoms with Crippen molar-refractivity contribution in [3.05, 3.63) is 54.1 Å². The molecule has 2 aromatic carbocycles. The lowest BCUT2D eigenvalue weighted by molar-refractivity contribution is -0.120. The van der Waals surface area contributed by atoms with Crippen molar-refractivity contribution in [1.29, 1.82) is 0 Å². The summed E-state index contributed by atoms with van der Waals surface area (Å²) in [4.78, 5) is 25.4. The summed E-state index contributed by atoms with van der Waals surface area (Å²) in [6.07, 6.45) is 2.86. The lowest BCUT2D eigenvalue weighted by Crippen LogP contribution is -2.41. The fourth-order valence-electron chi connectivity index (χ4n) is 3.32. The quantitative estimate of drug-likeness (QED) is 0.556. The first-order valence-corrected chi connectivity index (χ1v) is 12.0. The number of nitrogens with zero attached hydrogens (tertiary/aromatic N) is 1. The molecule has 6 nitrogen and oxygen atoms in total. The molecule has 154 valence electrons. The normalized spacial score (nSPS) is 15.8. The fourth-order valence-corrected chi connectivity index (χ4v) is 5.19. The molecule has 1 fully saturated rings. The van der Waals surface area contributed by atoms with Crippen molar-refractivity contribution in [3.63, 3.8) is 0 Å². The molecule has 0 bridgehead atoms. The Morgan fingerprint density at radius 3 is 2.31 bits per heavy atom. The SMILES string of the molecule is CSc1ccc(S(=O)(=O)N2CCC(C(=O)Nc3cccc(C(C)=O)c3)CC2)cc1. The molecule has 0 saturated carbocycles. The first-order valence-electron chi connectivity index (χ1n) is 9.37. The highest BCUT2D eigenvalue weighted by Gasteiger charge is 2.32. The number of sulfonamides is 1. The van der Waals surface area contributed by atoms with Crippen LogP contribution >= 0.6 is 11.8 Å². The van der Waals surface area contributed by atoms with Gasteiger partial charge in [0.05, 0.1) is 4.90 Å². The van der Waals surface area contributed by atoms with Gasteiger partial charge in [0.2, 0.25) is 15.9 Å². The number of anilines is 1. The Hall–Kier alpha value is -2.16. The second kappa shape index (κ2) is 9.11. The van der Waals surface area contributed by atoms with Crippen LogP contribution in [0.4, 0.5) is 5.69 Å². The summed E-state index contributed by atoms with van der Waals surface area (Å²) >= 11 is 1.56. The van der Waals surface area contributed by atoms with Crippen LogP contribution in [-0.2, 0) is 14.8 Å². The number of hydrogen-bond acceptors (Lipinski definition) is 5. The summed E-state index contributed by atoms with van der Waals surface area (Å²) in [7, 11) is -3.56. The first-order chi connectivity index (χ1) is 13.8. The first kappa shape index (κ1) is 21.5. The maximum absolute atomic E-state index is 12.8. The molecule has 2 aromatic rings. The molecule has 8 heteroatoms. The lowest BCUT2D eigenvalue weighted by atomic mass is 9.97. The third kappa shape index (κ3) is 5.07. The van der Waals surface area contributed by atoms with Crippen molar-refractivity contribution in [2.45, 2.75) is 29.6 Å². The summed E-state index contributed by atoms with van der Waals surface area (Å²) in [6, 6.07) is 13.7. The molecule has 1 amide bonds. The third-order valence-electron chi connectivity index (χ3n) is 5.06. The van der Waals surface area contributed by atoms with Crippen LogP contribution in [0.3, 0.4) is 0 Å². The van der Waals surface area contributed by atoms with Crippen molar-refractivity contribution in [3.8, 4) is 0 Å². The van der Waals surface area contributed by atoms with Gasteiger partial charge in [-0.25, -0.2) is 8.42 Å². The zero-order valence-electron chi connectivity index (χ0n) is 16.4. The minimum atomic E-state index is -3.56. The molecule has 1 aliphatic rings. The minimum Gasteiger partial charge on any atom is -0.326 e. The second-order valence-electron chi connectivity index (χ2n) is 6.98. The van der Waals surface area contributed by atoms with Crippen LogP contribution in [0.5, 0.6) is 0 Å². The number of ketones is 1. The van der Waals surface area contributed by atoms with Gasteiger partial charge in [0, 0.05) is 35.2 Å². The highest BCUT2D eigenvalue weighted by Crippen LogP contribution is 2.26. The van der Waals surface area contributed by atoms with Crippen LogP contribution in [-0.4, -0.2) is 43.8 Å². The lowest BCUT2D eigenvalue weighted by Gasteiger charge is -2.30. The summed E-state index contributed by atoms with van der Waals surface area (Å²) in [5, 5.41) is 2.84. The largest absolute Gasteiger partial charge is 0.326 e. The zero-order chi connectivity index (χ0) is 21.0. The fraction of sp³-hybridized carbons (Fsp3) is 0.333. The maximum atomic E-state index is 12.8. The molecule has 0 aliphatic carbocycles. The summed E-state index contributed by atoms with van der Waals surface area (Å²) < 4.78 is 27.1. The van der Waals surface area contributed by atoms with Crippen LogP contribution in [0.25, 0.3) is 0 Å². The standard InChI is InChI=1S/C21H24N2O4S2/c1-15(24)17-4-3-5-18(14-17)22-21(25)16-10-12-23(13-11-16)29(26,27)20-8-6-19(28-2)7-9-20/h3-9,14,16H,10-13H2,1-2H3,(H,22,25). The maximum Gasteiger partial charge on any atom is 0.243 e. The molecular weight excluding hydrogens is 408 g/mol. The van der Waals surface area contributed by atoms with E-state index in [-0.39, 0.29) is 22.5 Å². The molecule has 1 heterocycles. The smallest absolute Gasteiger partial charge is 0.243 e. The van der Waals surface area contributed by atoms with Gasteiger partial charge in [-0.15, -0.1) is 11.8 Å². The highest BCUT2D eigenvalue weighted by molar-refractivity contribution is 7.98. The van der Waals surface area contributed by atoms with Gasteiger partial charge in [-0.2, -0.15) is 4.31 Å². The van der Waals surface area contributed by atoms with E-state index in [1.54, 1.807) is 60.3 Å². The minimum absolute atomic E-state index is 0.0647. The number of rotatable bonds is 6. The van der Waals surface area contributed by atoms with E-state index in [2.05, 4.69) is 5.32 Å². The van der Waals surface area contributed by atoms with E-state index in [4.69, 9.17) is 0 Å². The predicted molar refractivity (Wildman–Crippen MR) is 115 cm³/mol. The molecule has 0 spiro atoms. The molecule has 0 atom stereocenters. The van der Waals surface area contributed by atoms with Gasteiger partial charge < -0.3 is 5.32 Å². The van der Waals surface area contributed by atoms with Crippen molar-refractivity contribution >= 4 is 39.2 Å². The summed E-state index contributed by atoms with van der Waals surface area (Å²) in [5.41, 5.74) is 1.11. The Bertz CT molecular complexity index is 996. The number of carbonyl (C=O) groups excluding carboxylic acids is 2. The monoisotopic (exact) mass is 432 g/mol. The number of thioether (sulfide) groups is 1. The molecule has 0 unspecified atom stereocenters. The van der Waals surface area contributed by atoms with Crippen molar-refractivity contribution in [2.24, 2.45) is 5.92 Å². The van der Waals surface area contributed by atoms with Gasteiger partial charge in [-0.05, 0) is 62.4 Å². The van der Waals surface area contributed by atoms with E-state index in [9.17, 15) is 18.0 Å². The van der Waals surface area contributed by atoms with Gasteiger partial charge in [-0.1, -0.05) is 12.1 Å². The topological polar surface area (TPSA) is 83.6 Å². The Labute approximate surface area is 175 Å². The summed E-state index contributed by atoms with van der Waals surface area (Å²) in [6.45, 7) is 2.09. The summed E-state index contributed by atoms with van der Waals surface area (Å²) in [5.74, 6) is -0.474. The van der Waals surface area contributed by atoms with Crippen LogP contribution in [0.1, 0.15) is 30.1 Å². The Morgan fingerprint density at radius 1 is 1.07 bits per heavy atom. The number of benzene rings is 2. The van der Waals surface area contributed by atoms with Gasteiger partial charge in [0.25, 0.3) is 0 Å². The molecule has 29 heavy (non-hydrogen) atoms. The van der Waals surface area contributed by atoms with E-state index in [1.165, 1.54) is 11.2 Å². The van der Waals surface area contributed by atoms with Crippen molar-refractivity contribution < 1.29 is 18.0 Å². The number of piperidine rings is 1. The van der Waals surface area contributed by atoms with Crippen molar-refractivity contribution in [1.82, 2.24) is 4.31 Å². The molecule has 0 aromatic heterocycles. The Balaban J connectivity index is 1.61. The number of carbonyl (C=O) groups is 2. The number of amides is 1. The zero-order valence-corrected chi connectivity index (χ0v) is 18.1. The van der Waals surface area contributed by atoms with Gasteiger partial charge in [0.1, 0.15) is 0 Å². The van der Waals surface area contributed by atoms with E-state index >= 15 is 0 Å². The van der Waals surface area contributed by atoms with Crippen LogP contribution < -0.4 is 5.32 Å². The predicted octanol–water partition coefficient (Wildman–Crippen LogP) is 3.65. The number of nitrogens with one attached hydrogen (secondary N) is 1. The highest BCUT2D eigenvalue weighted by atomic mass is 32.2. The van der Waals surface area contributed by atoms with E-state index < -0.39 is 10.0 Å². The molecule has 1 aliphatic heterocycles. The molecule has 0 radical (unpaired) electrons. The third-order valence-corrected chi connectivity index (χ3v) is 7.72. The van der Waals surface area contributed by atoms with Crippen LogP contribution in [0, 0.1) is 5.92 Å². The van der Waals surface area contributed by atoms with Gasteiger partial charge in [0.15, 0.2) is 5.78 Å². The van der Waals surface area contributed by atoms with E-state index in [0.29, 0.717) is 37.2 Å². The number of Topliss-reactive ketones (excluding diaryl/α,β-unsaturated/α-hetero) is 1. The van der Waals surface area contributed by atoms with Gasteiger partial charge in [-0.3, -0.25) is 9.59 Å². The molecule has 1 saturated heterocycles. The molecule has 1 N–H and O–H groups in total. The molecular formula is C21H24N2O4S2. The number of hydrogen-bond donors (Lipinski definition) is 1. The van der Waals surface area contributed by atoms with Crippen molar-refractivity contribution in [2.75, 3.05) is 24.7 Å². The molecule has 3 rings (SSSR count). The van der Waals surface area contributed by atoms with Crippen LogP contribution in [0.2, 0.25) is 0 Å².